The Morgan fingerprint density at radius 1 is 1.33 bits per heavy atom. The first-order valence-electron chi connectivity index (χ1n) is 6.37. The summed E-state index contributed by atoms with van der Waals surface area (Å²) >= 11 is 0. The molecule has 0 bridgehead atoms. The molecule has 0 fully saturated rings. The Balaban J connectivity index is 3.04. The van der Waals surface area contributed by atoms with Gasteiger partial charge in [0.05, 0.1) is 24.7 Å². The maximum absolute atomic E-state index is 10.6. The zero-order valence-corrected chi connectivity index (χ0v) is 11.3. The van der Waals surface area contributed by atoms with Gasteiger partial charge in [0.2, 0.25) is 0 Å². The van der Waals surface area contributed by atoms with Crippen LogP contribution < -0.4 is 4.74 Å². The number of methoxy groups -OCH3 is 1. The monoisotopic (exact) mass is 247 g/mol. The minimum absolute atomic E-state index is 0.492. The Bertz CT molecular complexity index is 407. The molecule has 0 aliphatic heterocycles. The summed E-state index contributed by atoms with van der Waals surface area (Å²) in [6, 6.07) is 9.58. The van der Waals surface area contributed by atoms with E-state index in [1.165, 1.54) is 0 Å². The lowest BCUT2D eigenvalue weighted by molar-refractivity contribution is 0.0146. The highest BCUT2D eigenvalue weighted by Crippen LogP contribution is 2.35. The Kier molecular flexibility index (Phi) is 5.18. The lowest BCUT2D eigenvalue weighted by atomic mass is 9.78. The van der Waals surface area contributed by atoms with Gasteiger partial charge in [-0.05, 0) is 30.5 Å². The average Bonchev–Trinajstić information content (AvgIpc) is 2.40. The van der Waals surface area contributed by atoms with Crippen LogP contribution in [0.25, 0.3) is 0 Å². The molecule has 0 saturated carbocycles. The summed E-state index contributed by atoms with van der Waals surface area (Å²) in [6.07, 6.45) is 2.07. The first kappa shape index (κ1) is 14.5. The van der Waals surface area contributed by atoms with Crippen LogP contribution >= 0.6 is 0 Å². The third-order valence-corrected chi connectivity index (χ3v) is 3.41. The molecule has 18 heavy (non-hydrogen) atoms. The van der Waals surface area contributed by atoms with Gasteiger partial charge in [0.1, 0.15) is 5.75 Å². The molecule has 1 N–H and O–H groups in total. The van der Waals surface area contributed by atoms with Crippen molar-refractivity contribution in [3.63, 3.8) is 0 Å². The van der Waals surface area contributed by atoms with Crippen molar-refractivity contribution in [1.82, 2.24) is 0 Å². The summed E-state index contributed by atoms with van der Waals surface area (Å²) in [7, 11) is 1.61. The molecular formula is C15H21NO2. The maximum Gasteiger partial charge on any atom is 0.118 e. The molecule has 2 atom stereocenters. The van der Waals surface area contributed by atoms with Crippen LogP contribution in [0.5, 0.6) is 5.75 Å². The third-order valence-electron chi connectivity index (χ3n) is 3.41. The van der Waals surface area contributed by atoms with Gasteiger partial charge in [-0.3, -0.25) is 0 Å². The van der Waals surface area contributed by atoms with Gasteiger partial charge < -0.3 is 9.84 Å². The van der Waals surface area contributed by atoms with E-state index in [1.54, 1.807) is 7.11 Å². The number of aliphatic hydroxyl groups is 1. The Morgan fingerprint density at radius 2 is 1.94 bits per heavy atom. The second kappa shape index (κ2) is 6.42. The van der Waals surface area contributed by atoms with Crippen LogP contribution in [0.15, 0.2) is 24.3 Å². The van der Waals surface area contributed by atoms with Crippen LogP contribution in [0.2, 0.25) is 0 Å². The van der Waals surface area contributed by atoms with Crippen molar-refractivity contribution in [3.05, 3.63) is 29.8 Å². The van der Waals surface area contributed by atoms with Crippen LogP contribution in [0.1, 0.15) is 44.6 Å². The molecule has 0 aliphatic rings. The average molecular weight is 247 g/mol. The quantitative estimate of drug-likeness (QED) is 0.839. The zero-order chi connectivity index (χ0) is 13.6. The zero-order valence-electron chi connectivity index (χ0n) is 11.3. The molecule has 3 nitrogen and oxygen atoms in total. The Hall–Kier alpha value is -1.53. The number of hydrogen-bond donors (Lipinski definition) is 1. The van der Waals surface area contributed by atoms with Crippen molar-refractivity contribution in [3.8, 4) is 11.8 Å². The molecule has 1 aromatic carbocycles. The molecule has 98 valence electrons. The lowest BCUT2D eigenvalue weighted by Crippen LogP contribution is -2.34. The predicted octanol–water partition coefficient (Wildman–Crippen LogP) is 3.24. The van der Waals surface area contributed by atoms with Crippen LogP contribution in [-0.4, -0.2) is 17.8 Å². The summed E-state index contributed by atoms with van der Waals surface area (Å²) in [5, 5.41) is 20.0. The Labute approximate surface area is 109 Å². The highest BCUT2D eigenvalue weighted by atomic mass is 16.5. The minimum atomic E-state index is -0.946. The van der Waals surface area contributed by atoms with Gasteiger partial charge in [-0.2, -0.15) is 5.26 Å². The number of rotatable bonds is 6. The molecular weight excluding hydrogens is 226 g/mol. The molecule has 0 amide bonds. The van der Waals surface area contributed by atoms with E-state index in [9.17, 15) is 10.4 Å². The Morgan fingerprint density at radius 3 is 2.33 bits per heavy atom. The van der Waals surface area contributed by atoms with Crippen molar-refractivity contribution in [1.29, 1.82) is 5.26 Å². The third kappa shape index (κ3) is 3.02. The van der Waals surface area contributed by atoms with E-state index in [4.69, 9.17) is 4.74 Å². The van der Waals surface area contributed by atoms with Gasteiger partial charge in [-0.15, -0.1) is 0 Å². The highest BCUT2D eigenvalue weighted by molar-refractivity contribution is 5.34. The number of ether oxygens (including phenoxy) is 1. The fourth-order valence-corrected chi connectivity index (χ4v) is 2.26. The van der Waals surface area contributed by atoms with E-state index in [0.717, 1.165) is 17.7 Å². The van der Waals surface area contributed by atoms with Crippen LogP contribution in [-0.2, 0) is 0 Å². The highest BCUT2D eigenvalue weighted by Gasteiger charge is 2.35. The molecule has 0 heterocycles. The van der Waals surface area contributed by atoms with E-state index in [-0.39, 0.29) is 0 Å². The van der Waals surface area contributed by atoms with Crippen molar-refractivity contribution in [2.24, 2.45) is 0 Å². The van der Waals surface area contributed by atoms with Gasteiger partial charge in [-0.25, -0.2) is 0 Å². The molecule has 0 aromatic heterocycles. The number of nitrogens with zero attached hydrogens (tertiary/aromatic N) is 1. The fourth-order valence-electron chi connectivity index (χ4n) is 2.26. The summed E-state index contributed by atoms with van der Waals surface area (Å²) in [5.41, 5.74) is -0.103. The first-order valence-corrected chi connectivity index (χ1v) is 6.37. The van der Waals surface area contributed by atoms with Gasteiger partial charge in [0.25, 0.3) is 0 Å². The minimum Gasteiger partial charge on any atom is -0.497 e. The second-order valence-electron chi connectivity index (χ2n) is 4.54. The fraction of sp³-hybridized carbons (Fsp3) is 0.533. The van der Waals surface area contributed by atoms with Gasteiger partial charge in [-0.1, -0.05) is 32.4 Å². The van der Waals surface area contributed by atoms with E-state index < -0.39 is 11.5 Å². The van der Waals surface area contributed by atoms with Crippen molar-refractivity contribution >= 4 is 0 Å². The van der Waals surface area contributed by atoms with Crippen molar-refractivity contribution < 1.29 is 9.84 Å². The number of benzene rings is 1. The van der Waals surface area contributed by atoms with Crippen LogP contribution in [0.3, 0.4) is 0 Å². The van der Waals surface area contributed by atoms with Crippen LogP contribution in [0, 0.1) is 11.3 Å². The molecule has 1 aromatic rings. The summed E-state index contributed by atoms with van der Waals surface area (Å²) in [4.78, 5) is 0. The summed E-state index contributed by atoms with van der Waals surface area (Å²) < 4.78 is 5.10. The largest absolute Gasteiger partial charge is 0.497 e. The van der Waals surface area contributed by atoms with E-state index in [1.807, 2.05) is 38.1 Å². The van der Waals surface area contributed by atoms with Gasteiger partial charge in [0.15, 0.2) is 0 Å². The normalized spacial score (nSPS) is 15.5. The molecule has 0 radical (unpaired) electrons. The lowest BCUT2D eigenvalue weighted by Gasteiger charge is -2.31. The smallest absolute Gasteiger partial charge is 0.118 e. The first-order chi connectivity index (χ1) is 8.61. The molecule has 1 rings (SSSR count). The van der Waals surface area contributed by atoms with Crippen molar-refractivity contribution in [2.75, 3.05) is 7.11 Å². The standard InChI is InChI=1S/C15H21NO2/c1-4-10-15(17,5-2)14(11-16)12-6-8-13(18-3)9-7-12/h6-9,14,17H,4-5,10H2,1-3H3. The molecule has 0 aliphatic carbocycles. The summed E-state index contributed by atoms with van der Waals surface area (Å²) in [5.74, 6) is 0.263. The molecule has 0 saturated heterocycles. The predicted molar refractivity (Wildman–Crippen MR) is 71.5 cm³/mol. The van der Waals surface area contributed by atoms with E-state index >= 15 is 0 Å². The maximum atomic E-state index is 10.6. The SMILES string of the molecule is CCCC(O)(CC)C(C#N)c1ccc(OC)cc1. The van der Waals surface area contributed by atoms with Gasteiger partial charge >= 0.3 is 0 Å². The van der Waals surface area contributed by atoms with Crippen molar-refractivity contribution in [2.45, 2.75) is 44.6 Å². The number of hydrogen-bond acceptors (Lipinski definition) is 3. The summed E-state index contributed by atoms with van der Waals surface area (Å²) in [6.45, 7) is 3.94. The topological polar surface area (TPSA) is 53.2 Å². The molecule has 2 unspecified atom stereocenters. The van der Waals surface area contributed by atoms with Crippen LogP contribution in [0.4, 0.5) is 0 Å². The van der Waals surface area contributed by atoms with Gasteiger partial charge in [0, 0.05) is 0 Å². The van der Waals surface area contributed by atoms with E-state index in [0.29, 0.717) is 12.8 Å². The molecule has 3 heteroatoms. The second-order valence-corrected chi connectivity index (χ2v) is 4.54. The van der Waals surface area contributed by atoms with E-state index in [2.05, 4.69) is 6.07 Å². The molecule has 0 spiro atoms. The number of nitriles is 1.